The quantitative estimate of drug-likeness (QED) is 0.348. The lowest BCUT2D eigenvalue weighted by atomic mass is 10.1. The molecule has 0 heterocycles. The molecule has 3 aromatic rings. The second kappa shape index (κ2) is 6.41. The van der Waals surface area contributed by atoms with Crippen LogP contribution < -0.4 is 4.74 Å². The summed E-state index contributed by atoms with van der Waals surface area (Å²) in [5.74, 6) is 0.0728. The molecule has 0 unspecified atom stereocenters. The van der Waals surface area contributed by atoms with Crippen molar-refractivity contribution in [2.45, 2.75) is 0 Å². The van der Waals surface area contributed by atoms with Crippen LogP contribution in [0.15, 0.2) is 63.5 Å². The zero-order valence-corrected chi connectivity index (χ0v) is 15.1. The van der Waals surface area contributed by atoms with Gasteiger partial charge in [0.15, 0.2) is 5.75 Å². The van der Waals surface area contributed by atoms with Crippen LogP contribution in [0, 0.1) is 0 Å². The van der Waals surface area contributed by atoms with Crippen molar-refractivity contribution in [3.8, 4) is 5.75 Å². The molecule has 0 saturated heterocycles. The highest BCUT2D eigenvalue weighted by Crippen LogP contribution is 2.38. The summed E-state index contributed by atoms with van der Waals surface area (Å²) in [4.78, 5) is 12.3. The highest BCUT2D eigenvalue weighted by atomic mass is 79.9. The van der Waals surface area contributed by atoms with Crippen molar-refractivity contribution < 1.29 is 9.53 Å². The predicted octanol–water partition coefficient (Wildman–Crippen LogP) is 6.24. The SMILES string of the molecule is O=C(Oc1c(Br)cc(Br)c2ccccc12)c1ccc(Cl)cc1. The van der Waals surface area contributed by atoms with E-state index in [9.17, 15) is 4.79 Å². The van der Waals surface area contributed by atoms with Crippen LogP contribution in [0.5, 0.6) is 5.75 Å². The van der Waals surface area contributed by atoms with E-state index in [1.54, 1.807) is 24.3 Å². The Morgan fingerprint density at radius 1 is 0.909 bits per heavy atom. The molecule has 0 aromatic heterocycles. The molecule has 3 aromatic carbocycles. The highest BCUT2D eigenvalue weighted by molar-refractivity contribution is 9.11. The average molecular weight is 441 g/mol. The van der Waals surface area contributed by atoms with Gasteiger partial charge in [-0.2, -0.15) is 0 Å². The minimum absolute atomic E-state index is 0.426. The number of halogens is 3. The molecule has 0 spiro atoms. The fourth-order valence-corrected chi connectivity index (χ4v) is 3.65. The van der Waals surface area contributed by atoms with E-state index in [1.165, 1.54) is 0 Å². The van der Waals surface area contributed by atoms with Crippen LogP contribution in [0.2, 0.25) is 5.02 Å². The van der Waals surface area contributed by atoms with Crippen molar-refractivity contribution in [1.29, 1.82) is 0 Å². The van der Waals surface area contributed by atoms with E-state index in [2.05, 4.69) is 31.9 Å². The zero-order valence-electron chi connectivity index (χ0n) is 11.1. The molecule has 110 valence electrons. The summed E-state index contributed by atoms with van der Waals surface area (Å²) < 4.78 is 7.23. The zero-order chi connectivity index (χ0) is 15.7. The van der Waals surface area contributed by atoms with E-state index in [4.69, 9.17) is 16.3 Å². The monoisotopic (exact) mass is 438 g/mol. The first-order valence-electron chi connectivity index (χ1n) is 6.41. The molecule has 2 nitrogen and oxygen atoms in total. The third-order valence-corrected chi connectivity index (χ3v) is 4.67. The Morgan fingerprint density at radius 3 is 2.23 bits per heavy atom. The number of fused-ring (bicyclic) bond motifs is 1. The van der Waals surface area contributed by atoms with Gasteiger partial charge in [0.1, 0.15) is 0 Å². The van der Waals surface area contributed by atoms with E-state index in [-0.39, 0.29) is 0 Å². The molecule has 0 aliphatic carbocycles. The van der Waals surface area contributed by atoms with Crippen LogP contribution in [-0.2, 0) is 0 Å². The molecule has 0 N–H and O–H groups in total. The van der Waals surface area contributed by atoms with Gasteiger partial charge in [-0.3, -0.25) is 0 Å². The number of carbonyl (C=O) groups is 1. The van der Waals surface area contributed by atoms with Gasteiger partial charge in [0.25, 0.3) is 0 Å². The number of ether oxygens (including phenoxy) is 1. The van der Waals surface area contributed by atoms with Crippen LogP contribution in [0.4, 0.5) is 0 Å². The predicted molar refractivity (Wildman–Crippen MR) is 95.8 cm³/mol. The number of hydrogen-bond donors (Lipinski definition) is 0. The van der Waals surface area contributed by atoms with Crippen molar-refractivity contribution in [2.24, 2.45) is 0 Å². The second-order valence-electron chi connectivity index (χ2n) is 4.61. The fourth-order valence-electron chi connectivity index (χ4n) is 2.11. The Kier molecular flexibility index (Phi) is 4.52. The molecule has 0 aliphatic heterocycles. The summed E-state index contributed by atoms with van der Waals surface area (Å²) >= 11 is 12.8. The van der Waals surface area contributed by atoms with Crippen LogP contribution >= 0.6 is 43.5 Å². The van der Waals surface area contributed by atoms with Crippen molar-refractivity contribution >= 4 is 60.2 Å². The maximum atomic E-state index is 12.3. The summed E-state index contributed by atoms with van der Waals surface area (Å²) in [7, 11) is 0. The third kappa shape index (κ3) is 3.05. The number of esters is 1. The number of benzene rings is 3. The maximum absolute atomic E-state index is 12.3. The van der Waals surface area contributed by atoms with Gasteiger partial charge in [-0.05, 0) is 51.6 Å². The highest BCUT2D eigenvalue weighted by Gasteiger charge is 2.15. The number of carbonyl (C=O) groups excluding carboxylic acids is 1. The van der Waals surface area contributed by atoms with E-state index >= 15 is 0 Å². The first-order chi connectivity index (χ1) is 10.6. The average Bonchev–Trinajstić information content (AvgIpc) is 2.52. The fraction of sp³-hybridized carbons (Fsp3) is 0. The van der Waals surface area contributed by atoms with Gasteiger partial charge >= 0.3 is 5.97 Å². The first-order valence-corrected chi connectivity index (χ1v) is 8.37. The lowest BCUT2D eigenvalue weighted by Crippen LogP contribution is -2.09. The van der Waals surface area contributed by atoms with E-state index in [0.717, 1.165) is 15.2 Å². The van der Waals surface area contributed by atoms with Gasteiger partial charge in [-0.1, -0.05) is 51.8 Å². The maximum Gasteiger partial charge on any atom is 0.343 e. The molecule has 5 heteroatoms. The molecule has 0 bridgehead atoms. The van der Waals surface area contributed by atoms with Crippen molar-refractivity contribution in [2.75, 3.05) is 0 Å². The topological polar surface area (TPSA) is 26.3 Å². The van der Waals surface area contributed by atoms with Gasteiger partial charge in [-0.25, -0.2) is 4.79 Å². The molecule has 0 aliphatic rings. The van der Waals surface area contributed by atoms with Gasteiger partial charge < -0.3 is 4.74 Å². The molecule has 0 radical (unpaired) electrons. The van der Waals surface area contributed by atoms with Crippen molar-refractivity contribution in [3.63, 3.8) is 0 Å². The van der Waals surface area contributed by atoms with Gasteiger partial charge in [0.05, 0.1) is 10.0 Å². The number of hydrogen-bond acceptors (Lipinski definition) is 2. The standard InChI is InChI=1S/C17H9Br2ClO2/c18-14-9-15(19)16(13-4-2-1-3-12(13)14)22-17(21)10-5-7-11(20)8-6-10/h1-9H. The second-order valence-corrected chi connectivity index (χ2v) is 6.76. The van der Waals surface area contributed by atoms with Crippen LogP contribution in [0.1, 0.15) is 10.4 Å². The van der Waals surface area contributed by atoms with Crippen LogP contribution in [0.3, 0.4) is 0 Å². The minimum Gasteiger partial charge on any atom is -0.421 e. The Labute approximate surface area is 149 Å². The first kappa shape index (κ1) is 15.5. The van der Waals surface area contributed by atoms with Crippen LogP contribution in [0.25, 0.3) is 10.8 Å². The van der Waals surface area contributed by atoms with Crippen molar-refractivity contribution in [3.05, 3.63) is 74.1 Å². The lowest BCUT2D eigenvalue weighted by Gasteiger charge is -2.11. The van der Waals surface area contributed by atoms with Crippen LogP contribution in [-0.4, -0.2) is 5.97 Å². The Bertz CT molecular complexity index is 860. The molecular weight excluding hydrogens is 431 g/mol. The van der Waals surface area contributed by atoms with Crippen molar-refractivity contribution in [1.82, 2.24) is 0 Å². The normalized spacial score (nSPS) is 10.7. The third-order valence-electron chi connectivity index (χ3n) is 3.17. The molecule has 22 heavy (non-hydrogen) atoms. The van der Waals surface area contributed by atoms with E-state index < -0.39 is 5.97 Å². The Morgan fingerprint density at radius 2 is 1.55 bits per heavy atom. The molecule has 3 rings (SSSR count). The Hall–Kier alpha value is -1.36. The Balaban J connectivity index is 2.03. The van der Waals surface area contributed by atoms with Gasteiger partial charge in [0, 0.05) is 14.9 Å². The van der Waals surface area contributed by atoms with E-state index in [0.29, 0.717) is 20.8 Å². The van der Waals surface area contributed by atoms with Gasteiger partial charge in [-0.15, -0.1) is 0 Å². The minimum atomic E-state index is -0.426. The molecule has 0 amide bonds. The summed E-state index contributed by atoms with van der Waals surface area (Å²) in [6.07, 6.45) is 0. The molecule has 0 saturated carbocycles. The summed E-state index contributed by atoms with van der Waals surface area (Å²) in [6.45, 7) is 0. The molecule has 0 atom stereocenters. The molecule has 0 fully saturated rings. The molecular formula is C17H9Br2ClO2. The van der Waals surface area contributed by atoms with Gasteiger partial charge in [0.2, 0.25) is 0 Å². The number of rotatable bonds is 2. The summed E-state index contributed by atoms with van der Waals surface area (Å²) in [5.41, 5.74) is 0.447. The largest absolute Gasteiger partial charge is 0.421 e. The summed E-state index contributed by atoms with van der Waals surface area (Å²) in [6, 6.07) is 16.2. The summed E-state index contributed by atoms with van der Waals surface area (Å²) in [5, 5.41) is 2.41. The van der Waals surface area contributed by atoms with E-state index in [1.807, 2.05) is 30.3 Å². The smallest absolute Gasteiger partial charge is 0.343 e. The lowest BCUT2D eigenvalue weighted by molar-refractivity contribution is 0.0736.